The molecule has 0 unspecified atom stereocenters. The Hall–Kier alpha value is -0.960. The summed E-state index contributed by atoms with van der Waals surface area (Å²) in [4.78, 5) is 11.9. The Balaban J connectivity index is 2.69. The van der Waals surface area contributed by atoms with Crippen molar-refractivity contribution in [2.45, 2.75) is 27.7 Å². The summed E-state index contributed by atoms with van der Waals surface area (Å²) in [7, 11) is 0. The third kappa shape index (κ3) is 4.73. The van der Waals surface area contributed by atoms with Gasteiger partial charge in [-0.15, -0.1) is 0 Å². The summed E-state index contributed by atoms with van der Waals surface area (Å²) in [5, 5.41) is 0. The molecule has 0 spiro atoms. The van der Waals surface area contributed by atoms with Gasteiger partial charge in [0, 0.05) is 5.56 Å². The molecule has 0 aliphatic rings. The van der Waals surface area contributed by atoms with Crippen LogP contribution in [-0.2, 0) is 0 Å². The van der Waals surface area contributed by atoms with Crippen molar-refractivity contribution >= 4 is 17.5 Å². The number of hydrogen-bond acceptors (Lipinski definition) is 3. The van der Waals surface area contributed by atoms with Crippen molar-refractivity contribution in [3.8, 4) is 5.75 Å². The fourth-order valence-electron chi connectivity index (χ4n) is 1.52. The molecule has 100 valence electrons. The summed E-state index contributed by atoms with van der Waals surface area (Å²) < 4.78 is 5.70. The summed E-state index contributed by atoms with van der Waals surface area (Å²) in [5.74, 6) is 3.11. The van der Waals surface area contributed by atoms with Gasteiger partial charge in [0.05, 0.1) is 12.4 Å². The number of ether oxygens (including phenoxy) is 1. The second kappa shape index (κ2) is 7.47. The van der Waals surface area contributed by atoms with Crippen molar-refractivity contribution < 1.29 is 9.53 Å². The molecule has 0 aliphatic heterocycles. The fraction of sp³-hybridized carbons (Fsp3) is 0.533. The standard InChI is InChI=1S/C15H22O2S/c1-5-18-10-14(16)13-6-7-15(12(4)8-13)17-9-11(2)3/h6-8,11H,5,9-10H2,1-4H3. The number of carbonyl (C=O) groups is 1. The lowest BCUT2D eigenvalue weighted by Gasteiger charge is -2.12. The predicted octanol–water partition coefficient (Wildman–Crippen LogP) is 3.97. The van der Waals surface area contributed by atoms with E-state index in [0.717, 1.165) is 22.6 Å². The minimum absolute atomic E-state index is 0.195. The molecule has 18 heavy (non-hydrogen) atoms. The predicted molar refractivity (Wildman–Crippen MR) is 78.8 cm³/mol. The van der Waals surface area contributed by atoms with Crippen LogP contribution in [0.2, 0.25) is 0 Å². The van der Waals surface area contributed by atoms with Gasteiger partial charge in [0.2, 0.25) is 0 Å². The number of benzene rings is 1. The number of thioether (sulfide) groups is 1. The van der Waals surface area contributed by atoms with Crippen molar-refractivity contribution in [2.24, 2.45) is 5.92 Å². The van der Waals surface area contributed by atoms with Gasteiger partial charge in [-0.25, -0.2) is 0 Å². The van der Waals surface area contributed by atoms with Crippen LogP contribution < -0.4 is 4.74 Å². The largest absolute Gasteiger partial charge is 0.493 e. The van der Waals surface area contributed by atoms with Crippen molar-refractivity contribution in [1.29, 1.82) is 0 Å². The maximum absolute atomic E-state index is 11.9. The van der Waals surface area contributed by atoms with Gasteiger partial charge in [-0.2, -0.15) is 11.8 Å². The molecule has 0 N–H and O–H groups in total. The van der Waals surface area contributed by atoms with Crippen molar-refractivity contribution in [3.05, 3.63) is 29.3 Å². The maximum atomic E-state index is 11.9. The molecule has 1 aromatic rings. The first kappa shape index (κ1) is 15.1. The first-order chi connectivity index (χ1) is 8.54. The van der Waals surface area contributed by atoms with Crippen molar-refractivity contribution in [3.63, 3.8) is 0 Å². The monoisotopic (exact) mass is 266 g/mol. The molecule has 0 atom stereocenters. The molecular formula is C15H22O2S. The number of carbonyl (C=O) groups excluding carboxylic acids is 1. The molecule has 0 aromatic heterocycles. The Bertz CT molecular complexity index is 399. The van der Waals surface area contributed by atoms with Crippen molar-refractivity contribution in [2.75, 3.05) is 18.1 Å². The van der Waals surface area contributed by atoms with Gasteiger partial charge in [0.1, 0.15) is 5.75 Å². The number of Topliss-reactive ketones (excluding diaryl/α,β-unsaturated/α-hetero) is 1. The summed E-state index contributed by atoms with van der Waals surface area (Å²) in [6.07, 6.45) is 0. The zero-order chi connectivity index (χ0) is 13.5. The summed E-state index contributed by atoms with van der Waals surface area (Å²) >= 11 is 1.65. The molecule has 1 rings (SSSR count). The SMILES string of the molecule is CCSCC(=O)c1ccc(OCC(C)C)c(C)c1. The van der Waals surface area contributed by atoms with E-state index in [0.29, 0.717) is 18.3 Å². The zero-order valence-corrected chi connectivity index (χ0v) is 12.5. The fourth-order valence-corrected chi connectivity index (χ4v) is 2.08. The van der Waals surface area contributed by atoms with Gasteiger partial charge in [-0.1, -0.05) is 20.8 Å². The van der Waals surface area contributed by atoms with Crippen LogP contribution in [0.4, 0.5) is 0 Å². The van der Waals surface area contributed by atoms with Gasteiger partial charge >= 0.3 is 0 Å². The molecule has 0 fully saturated rings. The lowest BCUT2D eigenvalue weighted by atomic mass is 10.1. The number of rotatable bonds is 7. The van der Waals surface area contributed by atoms with Crippen LogP contribution >= 0.6 is 11.8 Å². The van der Waals surface area contributed by atoms with Crippen LogP contribution in [0.1, 0.15) is 36.7 Å². The highest BCUT2D eigenvalue weighted by Gasteiger charge is 2.08. The van der Waals surface area contributed by atoms with E-state index in [1.165, 1.54) is 0 Å². The normalized spacial score (nSPS) is 10.7. The van der Waals surface area contributed by atoms with E-state index >= 15 is 0 Å². The Morgan fingerprint density at radius 1 is 1.39 bits per heavy atom. The molecule has 0 radical (unpaired) electrons. The van der Waals surface area contributed by atoms with E-state index in [4.69, 9.17) is 4.74 Å². The first-order valence-electron chi connectivity index (χ1n) is 6.39. The first-order valence-corrected chi connectivity index (χ1v) is 7.54. The lowest BCUT2D eigenvalue weighted by Crippen LogP contribution is -2.07. The average molecular weight is 266 g/mol. The molecule has 0 aliphatic carbocycles. The molecule has 0 saturated carbocycles. The average Bonchev–Trinajstić information content (AvgIpc) is 2.34. The molecule has 2 nitrogen and oxygen atoms in total. The van der Waals surface area contributed by atoms with Gasteiger partial charge in [-0.3, -0.25) is 4.79 Å². The van der Waals surface area contributed by atoms with E-state index in [1.54, 1.807) is 11.8 Å². The third-order valence-corrected chi connectivity index (χ3v) is 3.38. The Morgan fingerprint density at radius 2 is 2.11 bits per heavy atom. The number of hydrogen-bond donors (Lipinski definition) is 0. The molecule has 0 amide bonds. The summed E-state index contributed by atoms with van der Waals surface area (Å²) in [5.41, 5.74) is 1.81. The molecule has 0 heterocycles. The zero-order valence-electron chi connectivity index (χ0n) is 11.7. The quantitative estimate of drug-likeness (QED) is 0.699. The van der Waals surface area contributed by atoms with Gasteiger partial charge in [-0.05, 0) is 42.4 Å². The van der Waals surface area contributed by atoms with Crippen LogP contribution in [0.15, 0.2) is 18.2 Å². The highest BCUT2D eigenvalue weighted by Crippen LogP contribution is 2.20. The Morgan fingerprint density at radius 3 is 2.67 bits per heavy atom. The molecule has 3 heteroatoms. The van der Waals surface area contributed by atoms with Crippen LogP contribution in [0.25, 0.3) is 0 Å². The van der Waals surface area contributed by atoms with Gasteiger partial charge < -0.3 is 4.74 Å². The molecular weight excluding hydrogens is 244 g/mol. The highest BCUT2D eigenvalue weighted by atomic mass is 32.2. The second-order valence-electron chi connectivity index (χ2n) is 4.75. The highest BCUT2D eigenvalue weighted by molar-refractivity contribution is 7.99. The van der Waals surface area contributed by atoms with E-state index < -0.39 is 0 Å². The lowest BCUT2D eigenvalue weighted by molar-refractivity contribution is 0.102. The number of ketones is 1. The smallest absolute Gasteiger partial charge is 0.172 e. The van der Waals surface area contributed by atoms with E-state index in [-0.39, 0.29) is 5.78 Å². The topological polar surface area (TPSA) is 26.3 Å². The van der Waals surface area contributed by atoms with Gasteiger partial charge in [0.25, 0.3) is 0 Å². The van der Waals surface area contributed by atoms with Crippen LogP contribution in [0, 0.1) is 12.8 Å². The summed E-state index contributed by atoms with van der Waals surface area (Å²) in [6.45, 7) is 9.00. The van der Waals surface area contributed by atoms with E-state index in [2.05, 4.69) is 20.8 Å². The summed E-state index contributed by atoms with van der Waals surface area (Å²) in [6, 6.07) is 5.69. The van der Waals surface area contributed by atoms with Crippen LogP contribution in [0.3, 0.4) is 0 Å². The van der Waals surface area contributed by atoms with E-state index in [1.807, 2.05) is 25.1 Å². The third-order valence-electron chi connectivity index (χ3n) is 2.51. The Kier molecular flexibility index (Phi) is 6.27. The van der Waals surface area contributed by atoms with E-state index in [9.17, 15) is 4.79 Å². The van der Waals surface area contributed by atoms with Gasteiger partial charge in [0.15, 0.2) is 5.78 Å². The minimum Gasteiger partial charge on any atom is -0.493 e. The maximum Gasteiger partial charge on any atom is 0.172 e. The number of aryl methyl sites for hydroxylation is 1. The molecule has 1 aromatic carbocycles. The Labute approximate surface area is 114 Å². The second-order valence-corrected chi connectivity index (χ2v) is 6.02. The molecule has 0 bridgehead atoms. The van der Waals surface area contributed by atoms with Crippen LogP contribution in [0.5, 0.6) is 5.75 Å². The minimum atomic E-state index is 0.195. The van der Waals surface area contributed by atoms with Crippen LogP contribution in [-0.4, -0.2) is 23.9 Å². The molecule has 0 saturated heterocycles. The van der Waals surface area contributed by atoms with Crippen molar-refractivity contribution in [1.82, 2.24) is 0 Å².